The van der Waals surface area contributed by atoms with Crippen LogP contribution < -0.4 is 0 Å². The molecule has 0 heterocycles. The molecule has 0 spiro atoms. The lowest BCUT2D eigenvalue weighted by Crippen LogP contribution is -2.73. The standard InChI is InChI=1S/C32H50O2/c1-21(2)23-11-16-28(6)19-20-29(7)24(26(23)28)12-18-32(34-22(3)33)30(8)15-10-14-27(4,5)25(30)13-17-31(29,32)9/h23,25H,1,10-20H2,2-9H3/t23-,25-,28+,29+,30-,31-,32-/m0/s1. The van der Waals surface area contributed by atoms with Gasteiger partial charge in [-0.3, -0.25) is 4.79 Å². The van der Waals surface area contributed by atoms with Crippen LogP contribution in [-0.2, 0) is 9.53 Å². The van der Waals surface area contributed by atoms with Crippen LogP contribution in [0.5, 0.6) is 0 Å². The number of allylic oxidation sites excluding steroid dienone is 3. The fourth-order valence-corrected chi connectivity index (χ4v) is 11.2. The first-order valence-corrected chi connectivity index (χ1v) is 14.3. The fourth-order valence-electron chi connectivity index (χ4n) is 11.2. The highest BCUT2D eigenvalue weighted by molar-refractivity contribution is 5.67. The first-order chi connectivity index (χ1) is 15.7. The van der Waals surface area contributed by atoms with Crippen molar-refractivity contribution in [3.05, 3.63) is 23.3 Å². The molecule has 0 bridgehead atoms. The van der Waals surface area contributed by atoms with Crippen LogP contribution in [0.3, 0.4) is 0 Å². The Morgan fingerprint density at radius 1 is 0.882 bits per heavy atom. The lowest BCUT2D eigenvalue weighted by molar-refractivity contribution is -0.293. The van der Waals surface area contributed by atoms with Crippen LogP contribution in [0.15, 0.2) is 23.3 Å². The minimum absolute atomic E-state index is 0.0333. The topological polar surface area (TPSA) is 26.3 Å². The van der Waals surface area contributed by atoms with E-state index in [9.17, 15) is 4.79 Å². The van der Waals surface area contributed by atoms with Crippen molar-refractivity contribution < 1.29 is 9.53 Å². The summed E-state index contributed by atoms with van der Waals surface area (Å²) in [7, 11) is 0. The average molecular weight is 467 g/mol. The maximum atomic E-state index is 12.9. The summed E-state index contributed by atoms with van der Waals surface area (Å²) in [5.74, 6) is 1.09. The molecule has 0 aliphatic heterocycles. The number of hydrogen-bond donors (Lipinski definition) is 0. The molecule has 0 unspecified atom stereocenters. The minimum Gasteiger partial charge on any atom is -0.458 e. The predicted octanol–water partition coefficient (Wildman–Crippen LogP) is 8.80. The van der Waals surface area contributed by atoms with Crippen LogP contribution in [-0.4, -0.2) is 11.6 Å². The molecule has 7 atom stereocenters. The van der Waals surface area contributed by atoms with Crippen LogP contribution in [0.2, 0.25) is 0 Å². The monoisotopic (exact) mass is 466 g/mol. The van der Waals surface area contributed by atoms with Gasteiger partial charge in [-0.1, -0.05) is 71.3 Å². The number of fused-ring (bicyclic) bond motifs is 6. The van der Waals surface area contributed by atoms with Gasteiger partial charge in [-0.2, -0.15) is 0 Å². The summed E-state index contributed by atoms with van der Waals surface area (Å²) in [6.07, 6.45) is 13.3. The number of hydrogen-bond acceptors (Lipinski definition) is 2. The highest BCUT2D eigenvalue weighted by Gasteiger charge is 2.75. The quantitative estimate of drug-likeness (QED) is 0.300. The Labute approximate surface area is 209 Å². The van der Waals surface area contributed by atoms with Gasteiger partial charge < -0.3 is 4.74 Å². The van der Waals surface area contributed by atoms with Crippen LogP contribution in [0.25, 0.3) is 0 Å². The Hall–Kier alpha value is -1.05. The van der Waals surface area contributed by atoms with Crippen molar-refractivity contribution in [1.82, 2.24) is 0 Å². The van der Waals surface area contributed by atoms with E-state index in [1.165, 1.54) is 63.4 Å². The third-order valence-electron chi connectivity index (χ3n) is 13.0. The van der Waals surface area contributed by atoms with Gasteiger partial charge in [0.1, 0.15) is 5.60 Å². The van der Waals surface area contributed by atoms with E-state index < -0.39 is 0 Å². The number of ether oxygens (including phenoxy) is 1. The Kier molecular flexibility index (Phi) is 5.26. The van der Waals surface area contributed by atoms with Crippen molar-refractivity contribution in [2.45, 2.75) is 132 Å². The van der Waals surface area contributed by atoms with Crippen LogP contribution >= 0.6 is 0 Å². The SMILES string of the molecule is C=C(C)[C@@H]1CC[C@]2(C)CC[C@]3(C)C(=C12)CC[C@@]1(OC(C)=O)[C@@]3(C)CC[C@H]2C(C)(C)CCC[C@@]21C. The highest BCUT2D eigenvalue weighted by atomic mass is 16.6. The molecule has 0 N–H and O–H groups in total. The van der Waals surface area contributed by atoms with E-state index in [-0.39, 0.29) is 27.8 Å². The molecule has 5 aliphatic rings. The van der Waals surface area contributed by atoms with Crippen LogP contribution in [0.4, 0.5) is 0 Å². The zero-order valence-corrected chi connectivity index (χ0v) is 23.5. The second-order valence-corrected chi connectivity index (χ2v) is 14.8. The molecular weight excluding hydrogens is 416 g/mol. The molecule has 0 aromatic carbocycles. The molecule has 4 fully saturated rings. The van der Waals surface area contributed by atoms with Gasteiger partial charge in [0, 0.05) is 23.7 Å². The summed E-state index contributed by atoms with van der Waals surface area (Å²) in [6, 6.07) is 0. The lowest BCUT2D eigenvalue weighted by atomic mass is 9.32. The van der Waals surface area contributed by atoms with E-state index in [1.807, 2.05) is 0 Å². The van der Waals surface area contributed by atoms with Crippen molar-refractivity contribution in [2.75, 3.05) is 0 Å². The summed E-state index contributed by atoms with van der Waals surface area (Å²) in [5, 5.41) is 0. The minimum atomic E-state index is -0.379. The van der Waals surface area contributed by atoms with Gasteiger partial charge in [-0.05, 0) is 93.3 Å². The zero-order chi connectivity index (χ0) is 24.9. The van der Waals surface area contributed by atoms with E-state index in [1.54, 1.807) is 18.1 Å². The third kappa shape index (κ3) is 2.78. The third-order valence-corrected chi connectivity index (χ3v) is 13.0. The Balaban J connectivity index is 1.73. The maximum Gasteiger partial charge on any atom is 0.303 e. The molecule has 0 aromatic rings. The van der Waals surface area contributed by atoms with Crippen molar-refractivity contribution in [1.29, 1.82) is 0 Å². The Bertz CT molecular complexity index is 956. The molecule has 0 radical (unpaired) electrons. The summed E-state index contributed by atoms with van der Waals surface area (Å²) in [5.41, 5.74) is 5.21. The summed E-state index contributed by atoms with van der Waals surface area (Å²) >= 11 is 0. The van der Waals surface area contributed by atoms with Gasteiger partial charge in [-0.15, -0.1) is 0 Å². The van der Waals surface area contributed by atoms with Gasteiger partial charge in [0.15, 0.2) is 0 Å². The number of esters is 1. The van der Waals surface area contributed by atoms with Gasteiger partial charge in [0.25, 0.3) is 0 Å². The van der Waals surface area contributed by atoms with E-state index in [0.29, 0.717) is 22.7 Å². The van der Waals surface area contributed by atoms with Gasteiger partial charge in [-0.25, -0.2) is 0 Å². The molecule has 0 saturated heterocycles. The molecule has 190 valence electrons. The summed E-state index contributed by atoms with van der Waals surface area (Å²) < 4.78 is 6.80. The normalized spacial score (nSPS) is 49.4. The molecule has 2 nitrogen and oxygen atoms in total. The predicted molar refractivity (Wildman–Crippen MR) is 140 cm³/mol. The van der Waals surface area contributed by atoms with Crippen molar-refractivity contribution in [3.63, 3.8) is 0 Å². The van der Waals surface area contributed by atoms with E-state index in [4.69, 9.17) is 4.74 Å². The molecule has 0 aromatic heterocycles. The second kappa shape index (κ2) is 7.25. The first kappa shape index (κ1) is 24.6. The van der Waals surface area contributed by atoms with Crippen LogP contribution in [0, 0.1) is 38.9 Å². The van der Waals surface area contributed by atoms with Crippen molar-refractivity contribution >= 4 is 5.97 Å². The van der Waals surface area contributed by atoms with E-state index >= 15 is 0 Å². The smallest absolute Gasteiger partial charge is 0.303 e. The van der Waals surface area contributed by atoms with Gasteiger partial charge in [0.2, 0.25) is 0 Å². The fraction of sp³-hybridized carbons (Fsp3) is 0.844. The number of rotatable bonds is 2. The van der Waals surface area contributed by atoms with Crippen molar-refractivity contribution in [3.8, 4) is 0 Å². The molecular formula is C32H50O2. The Morgan fingerprint density at radius 3 is 2.24 bits per heavy atom. The molecule has 4 saturated carbocycles. The lowest BCUT2D eigenvalue weighted by Gasteiger charge is -2.74. The number of carbonyl (C=O) groups excluding carboxylic acids is 1. The largest absolute Gasteiger partial charge is 0.458 e. The molecule has 34 heavy (non-hydrogen) atoms. The highest BCUT2D eigenvalue weighted by Crippen LogP contribution is 2.78. The van der Waals surface area contributed by atoms with Crippen LogP contribution in [0.1, 0.15) is 126 Å². The second-order valence-electron chi connectivity index (χ2n) is 14.8. The number of carbonyl (C=O) groups is 1. The van der Waals surface area contributed by atoms with E-state index in [2.05, 4.69) is 55.0 Å². The molecule has 5 rings (SSSR count). The maximum absolute atomic E-state index is 12.9. The molecule has 5 aliphatic carbocycles. The average Bonchev–Trinajstić information content (AvgIpc) is 3.07. The summed E-state index contributed by atoms with van der Waals surface area (Å²) in [4.78, 5) is 12.9. The first-order valence-electron chi connectivity index (χ1n) is 14.3. The molecule has 2 heteroatoms. The van der Waals surface area contributed by atoms with E-state index in [0.717, 1.165) is 12.8 Å². The summed E-state index contributed by atoms with van der Waals surface area (Å²) in [6.45, 7) is 23.5. The van der Waals surface area contributed by atoms with Crippen molar-refractivity contribution in [2.24, 2.45) is 38.9 Å². The van der Waals surface area contributed by atoms with Gasteiger partial charge >= 0.3 is 5.97 Å². The molecule has 0 amide bonds. The zero-order valence-electron chi connectivity index (χ0n) is 23.5. The Morgan fingerprint density at radius 2 is 1.59 bits per heavy atom. The van der Waals surface area contributed by atoms with Gasteiger partial charge in [0.05, 0.1) is 0 Å².